The van der Waals surface area contributed by atoms with Crippen molar-refractivity contribution in [2.75, 3.05) is 21.1 Å². The van der Waals surface area contributed by atoms with E-state index in [4.69, 9.17) is 11.6 Å². The highest BCUT2D eigenvalue weighted by atomic mass is 35.5. The Hall–Kier alpha value is -1.74. The number of hydrogen-bond donors (Lipinski definition) is 0. The molecule has 0 aliphatic rings. The molecule has 0 bridgehead atoms. The van der Waals surface area contributed by atoms with Crippen LogP contribution in [0.25, 0.3) is 0 Å². The summed E-state index contributed by atoms with van der Waals surface area (Å²) >= 11 is 7.03. The number of aliphatic imine (C=N–C) groups is 1. The van der Waals surface area contributed by atoms with Crippen LogP contribution >= 0.6 is 22.9 Å². The molecule has 0 aliphatic carbocycles. The molecular formula is C9H13ClN6O2S. The summed E-state index contributed by atoms with van der Waals surface area (Å²) in [5.41, 5.74) is 0. The molecule has 0 amide bonds. The van der Waals surface area contributed by atoms with Gasteiger partial charge in [0, 0.05) is 32.2 Å². The van der Waals surface area contributed by atoms with E-state index in [1.54, 1.807) is 37.1 Å². The highest BCUT2D eigenvalue weighted by Crippen LogP contribution is 2.19. The second kappa shape index (κ2) is 7.00. The van der Waals surface area contributed by atoms with Crippen LogP contribution in [0.3, 0.4) is 0 Å². The van der Waals surface area contributed by atoms with E-state index in [0.29, 0.717) is 11.0 Å². The zero-order valence-corrected chi connectivity index (χ0v) is 12.2. The fourth-order valence-electron chi connectivity index (χ4n) is 1.10. The first kappa shape index (κ1) is 15.3. The van der Waals surface area contributed by atoms with Gasteiger partial charge in [-0.05, 0) is 0 Å². The number of thiazole rings is 1. The summed E-state index contributed by atoms with van der Waals surface area (Å²) in [5.74, 6) is 0.00298. The topological polar surface area (TPSA) is 87.2 Å². The standard InChI is InChI=1S/C9H13ClN6O2S/c1-14(2)6-12-9(13-16(17)18)15(3)5-7-4-11-8(10)19-7/h4,6H,5H2,1-3H3/b12-6+,13-9+. The number of rotatable bonds is 4. The van der Waals surface area contributed by atoms with E-state index in [9.17, 15) is 10.1 Å². The first-order valence-electron chi connectivity index (χ1n) is 5.13. The van der Waals surface area contributed by atoms with Gasteiger partial charge < -0.3 is 9.80 Å². The Bertz CT molecular complexity index is 501. The van der Waals surface area contributed by atoms with Gasteiger partial charge >= 0.3 is 0 Å². The van der Waals surface area contributed by atoms with Gasteiger partial charge in [-0.15, -0.1) is 11.3 Å². The van der Waals surface area contributed by atoms with Crippen LogP contribution in [-0.4, -0.2) is 53.3 Å². The minimum absolute atomic E-state index is 0.00298. The predicted octanol–water partition coefficient (Wildman–Crippen LogP) is 1.37. The van der Waals surface area contributed by atoms with Crippen molar-refractivity contribution in [1.29, 1.82) is 0 Å². The first-order valence-corrected chi connectivity index (χ1v) is 6.33. The molecule has 104 valence electrons. The zero-order chi connectivity index (χ0) is 14.4. The van der Waals surface area contributed by atoms with Crippen LogP contribution in [0.2, 0.25) is 4.47 Å². The van der Waals surface area contributed by atoms with E-state index in [1.807, 2.05) is 0 Å². The van der Waals surface area contributed by atoms with E-state index >= 15 is 0 Å². The van der Waals surface area contributed by atoms with Crippen molar-refractivity contribution in [2.24, 2.45) is 10.1 Å². The molecule has 1 aromatic heterocycles. The summed E-state index contributed by atoms with van der Waals surface area (Å²) in [6, 6.07) is 0. The molecule has 0 N–H and O–H groups in total. The Morgan fingerprint density at radius 1 is 1.63 bits per heavy atom. The minimum atomic E-state index is -0.779. The number of nitro groups is 1. The van der Waals surface area contributed by atoms with Crippen molar-refractivity contribution in [1.82, 2.24) is 14.8 Å². The van der Waals surface area contributed by atoms with Crippen LogP contribution in [-0.2, 0) is 6.54 Å². The zero-order valence-electron chi connectivity index (χ0n) is 10.6. The van der Waals surface area contributed by atoms with Gasteiger partial charge in [-0.3, -0.25) is 0 Å². The lowest BCUT2D eigenvalue weighted by molar-refractivity contribution is -0.485. The third-order valence-corrected chi connectivity index (χ3v) is 2.93. The molecule has 1 heterocycles. The maximum absolute atomic E-state index is 10.5. The Kier molecular flexibility index (Phi) is 5.64. The Labute approximate surface area is 119 Å². The highest BCUT2D eigenvalue weighted by molar-refractivity contribution is 7.15. The average molecular weight is 305 g/mol. The number of hydrazone groups is 1. The van der Waals surface area contributed by atoms with Gasteiger partial charge in [0.25, 0.3) is 5.96 Å². The summed E-state index contributed by atoms with van der Waals surface area (Å²) in [7, 11) is 5.18. The van der Waals surface area contributed by atoms with Crippen LogP contribution in [0.1, 0.15) is 4.88 Å². The maximum Gasteiger partial charge on any atom is 0.298 e. The van der Waals surface area contributed by atoms with Gasteiger partial charge in [0.15, 0.2) is 9.50 Å². The summed E-state index contributed by atoms with van der Waals surface area (Å²) in [4.78, 5) is 22.4. The fraction of sp³-hybridized carbons (Fsp3) is 0.444. The largest absolute Gasteiger partial charge is 0.369 e. The Morgan fingerprint density at radius 3 is 2.79 bits per heavy atom. The van der Waals surface area contributed by atoms with Crippen molar-refractivity contribution in [3.8, 4) is 0 Å². The van der Waals surface area contributed by atoms with Crippen molar-refractivity contribution < 1.29 is 5.03 Å². The van der Waals surface area contributed by atoms with Gasteiger partial charge in [-0.25, -0.2) is 15.1 Å². The SMILES string of the molecule is CN(C)/C=N/C(=N\[N+](=O)[O-])N(C)Cc1cnc(Cl)s1. The number of nitrogens with zero attached hydrogens (tertiary/aromatic N) is 6. The van der Waals surface area contributed by atoms with Crippen LogP contribution in [0.4, 0.5) is 0 Å². The number of aromatic nitrogens is 1. The van der Waals surface area contributed by atoms with Crippen LogP contribution < -0.4 is 0 Å². The molecule has 8 nitrogen and oxygen atoms in total. The molecular weight excluding hydrogens is 292 g/mol. The van der Waals surface area contributed by atoms with Crippen molar-refractivity contribution >= 4 is 35.2 Å². The van der Waals surface area contributed by atoms with Crippen LogP contribution in [0.15, 0.2) is 16.3 Å². The van der Waals surface area contributed by atoms with Crippen LogP contribution in [0, 0.1) is 10.1 Å². The maximum atomic E-state index is 10.5. The highest BCUT2D eigenvalue weighted by Gasteiger charge is 2.12. The molecule has 1 aromatic rings. The first-order chi connectivity index (χ1) is 8.88. The second-order valence-corrected chi connectivity index (χ2v) is 5.48. The number of hydrogen-bond acceptors (Lipinski definition) is 4. The molecule has 0 spiro atoms. The molecule has 0 unspecified atom stereocenters. The normalized spacial score (nSPS) is 11.9. The van der Waals surface area contributed by atoms with E-state index in [0.717, 1.165) is 4.88 Å². The quantitative estimate of drug-likeness (QED) is 0.363. The van der Waals surface area contributed by atoms with E-state index in [-0.39, 0.29) is 5.96 Å². The average Bonchev–Trinajstić information content (AvgIpc) is 2.69. The third-order valence-electron chi connectivity index (χ3n) is 1.84. The number of guanidine groups is 1. The molecule has 0 radical (unpaired) electrons. The Balaban J connectivity index is 2.82. The molecule has 0 fully saturated rings. The molecule has 1 rings (SSSR count). The van der Waals surface area contributed by atoms with Crippen molar-refractivity contribution in [3.05, 3.63) is 25.7 Å². The van der Waals surface area contributed by atoms with Gasteiger partial charge in [-0.1, -0.05) is 11.6 Å². The molecule has 0 aromatic carbocycles. The summed E-state index contributed by atoms with van der Waals surface area (Å²) in [6.07, 6.45) is 3.06. The van der Waals surface area contributed by atoms with Gasteiger partial charge in [0.05, 0.1) is 12.9 Å². The summed E-state index contributed by atoms with van der Waals surface area (Å²) in [6.45, 7) is 0.391. The molecule has 10 heteroatoms. The van der Waals surface area contributed by atoms with E-state index in [2.05, 4.69) is 15.1 Å². The smallest absolute Gasteiger partial charge is 0.298 e. The van der Waals surface area contributed by atoms with Gasteiger partial charge in [0.1, 0.15) is 5.10 Å². The lowest BCUT2D eigenvalue weighted by Gasteiger charge is -2.14. The van der Waals surface area contributed by atoms with Gasteiger partial charge in [0.2, 0.25) is 0 Å². The second-order valence-electron chi connectivity index (χ2n) is 3.78. The monoisotopic (exact) mass is 304 g/mol. The van der Waals surface area contributed by atoms with Crippen LogP contribution in [0.5, 0.6) is 0 Å². The lowest BCUT2D eigenvalue weighted by Crippen LogP contribution is -2.26. The van der Waals surface area contributed by atoms with Crippen molar-refractivity contribution in [3.63, 3.8) is 0 Å². The number of halogens is 1. The summed E-state index contributed by atoms with van der Waals surface area (Å²) < 4.78 is 0.424. The Morgan fingerprint density at radius 2 is 2.32 bits per heavy atom. The molecule has 0 saturated carbocycles. The molecule has 0 atom stereocenters. The molecule has 0 saturated heterocycles. The van der Waals surface area contributed by atoms with Gasteiger partial charge in [-0.2, -0.15) is 4.99 Å². The van der Waals surface area contributed by atoms with E-state index < -0.39 is 5.03 Å². The third kappa shape index (κ3) is 5.62. The lowest BCUT2D eigenvalue weighted by atomic mass is 10.5. The molecule has 19 heavy (non-hydrogen) atoms. The minimum Gasteiger partial charge on any atom is -0.369 e. The van der Waals surface area contributed by atoms with Crippen molar-refractivity contribution in [2.45, 2.75) is 6.54 Å². The summed E-state index contributed by atoms with van der Waals surface area (Å²) in [5, 5.41) is 13.0. The predicted molar refractivity (Wildman–Crippen MR) is 75.2 cm³/mol. The van der Waals surface area contributed by atoms with E-state index in [1.165, 1.54) is 17.7 Å². The fourth-order valence-corrected chi connectivity index (χ4v) is 2.13. The molecule has 0 aliphatic heterocycles.